The van der Waals surface area contributed by atoms with E-state index >= 15 is 0 Å². The van der Waals surface area contributed by atoms with Gasteiger partial charge in [-0.25, -0.2) is 0 Å². The van der Waals surface area contributed by atoms with Gasteiger partial charge in [-0.1, -0.05) is 0 Å². The summed E-state index contributed by atoms with van der Waals surface area (Å²) in [6.45, 7) is 7.22. The van der Waals surface area contributed by atoms with E-state index in [-0.39, 0.29) is 11.9 Å². The van der Waals surface area contributed by atoms with Crippen molar-refractivity contribution < 1.29 is 4.79 Å². The Kier molecular flexibility index (Phi) is 5.22. The minimum Gasteiger partial charge on any atom is -0.341 e. The average molecular weight is 227 g/mol. The minimum absolute atomic E-state index is 0.136. The lowest BCUT2D eigenvalue weighted by atomic mass is 10.2. The highest BCUT2D eigenvalue weighted by Gasteiger charge is 2.27. The van der Waals surface area contributed by atoms with Gasteiger partial charge >= 0.3 is 0 Å². The second kappa shape index (κ2) is 6.21. The van der Waals surface area contributed by atoms with E-state index in [1.165, 1.54) is 0 Å². The van der Waals surface area contributed by atoms with Crippen molar-refractivity contribution in [3.63, 3.8) is 0 Å². The number of likely N-dealkylation sites (tertiary alicyclic amines) is 1. The first-order chi connectivity index (χ1) is 7.52. The summed E-state index contributed by atoms with van der Waals surface area (Å²) in [5.41, 5.74) is 5.66. The van der Waals surface area contributed by atoms with E-state index in [2.05, 4.69) is 25.8 Å². The molecule has 0 saturated carbocycles. The Morgan fingerprint density at radius 2 is 2.19 bits per heavy atom. The number of carbonyl (C=O) groups excluding carboxylic acids is 1. The quantitative estimate of drug-likeness (QED) is 0.678. The summed E-state index contributed by atoms with van der Waals surface area (Å²) in [4.78, 5) is 15.8. The largest absolute Gasteiger partial charge is 0.341 e. The monoisotopic (exact) mass is 227 g/mol. The number of nitrogens with two attached hydrogens (primary N) is 1. The highest BCUT2D eigenvalue weighted by Crippen LogP contribution is 2.10. The van der Waals surface area contributed by atoms with Crippen molar-refractivity contribution in [1.82, 2.24) is 9.80 Å². The van der Waals surface area contributed by atoms with Gasteiger partial charge in [0.05, 0.1) is 6.04 Å². The fraction of sp³-hybridized carbons (Fsp3) is 0.917. The predicted octanol–water partition coefficient (Wildman–Crippen LogP) is 0.666. The third-order valence-electron chi connectivity index (χ3n) is 3.41. The van der Waals surface area contributed by atoms with Crippen LogP contribution in [-0.4, -0.2) is 54.5 Å². The molecule has 1 aliphatic rings. The van der Waals surface area contributed by atoms with Crippen LogP contribution in [0.15, 0.2) is 0 Å². The first-order valence-electron chi connectivity index (χ1n) is 6.27. The molecule has 1 unspecified atom stereocenters. The van der Waals surface area contributed by atoms with Crippen LogP contribution < -0.4 is 5.73 Å². The van der Waals surface area contributed by atoms with Gasteiger partial charge in [0.15, 0.2) is 0 Å². The molecule has 0 radical (unpaired) electrons. The van der Waals surface area contributed by atoms with Crippen molar-refractivity contribution in [2.75, 3.05) is 26.7 Å². The normalized spacial score (nSPS) is 21.5. The maximum atomic E-state index is 11.5. The molecule has 1 rings (SSSR count). The van der Waals surface area contributed by atoms with Gasteiger partial charge in [-0.2, -0.15) is 0 Å². The maximum absolute atomic E-state index is 11.5. The lowest BCUT2D eigenvalue weighted by Gasteiger charge is -2.21. The zero-order valence-electron chi connectivity index (χ0n) is 10.8. The second-order valence-electron chi connectivity index (χ2n) is 5.00. The van der Waals surface area contributed by atoms with E-state index in [1.54, 1.807) is 0 Å². The van der Waals surface area contributed by atoms with Crippen LogP contribution in [0.1, 0.15) is 33.1 Å². The van der Waals surface area contributed by atoms with E-state index in [0.29, 0.717) is 6.04 Å². The van der Waals surface area contributed by atoms with E-state index in [9.17, 15) is 4.79 Å². The molecule has 4 nitrogen and oxygen atoms in total. The van der Waals surface area contributed by atoms with Crippen molar-refractivity contribution in [3.8, 4) is 0 Å². The average Bonchev–Trinajstić information content (AvgIpc) is 2.55. The zero-order valence-corrected chi connectivity index (χ0v) is 10.8. The van der Waals surface area contributed by atoms with Gasteiger partial charge in [-0.05, 0) is 46.7 Å². The molecule has 4 heteroatoms. The lowest BCUT2D eigenvalue weighted by molar-refractivity contribution is -0.128. The Morgan fingerprint density at radius 1 is 1.50 bits per heavy atom. The lowest BCUT2D eigenvalue weighted by Crippen LogP contribution is -2.35. The van der Waals surface area contributed by atoms with Crippen molar-refractivity contribution in [3.05, 3.63) is 0 Å². The summed E-state index contributed by atoms with van der Waals surface area (Å²) >= 11 is 0. The second-order valence-corrected chi connectivity index (χ2v) is 5.00. The van der Waals surface area contributed by atoms with Crippen LogP contribution in [0.5, 0.6) is 0 Å². The standard InChI is InChI=1S/C12H25N3O/c1-10(2)14(3)7-4-5-8-15-9-6-11(13)12(15)16/h10-11H,4-9,13H2,1-3H3. The zero-order chi connectivity index (χ0) is 12.1. The van der Waals surface area contributed by atoms with Gasteiger partial charge in [0.1, 0.15) is 0 Å². The molecular weight excluding hydrogens is 202 g/mol. The first-order valence-corrected chi connectivity index (χ1v) is 6.27. The van der Waals surface area contributed by atoms with Crippen molar-refractivity contribution in [1.29, 1.82) is 0 Å². The van der Waals surface area contributed by atoms with Crippen molar-refractivity contribution in [2.24, 2.45) is 5.73 Å². The van der Waals surface area contributed by atoms with E-state index < -0.39 is 0 Å². The molecule has 1 fully saturated rings. The summed E-state index contributed by atoms with van der Waals surface area (Å²) in [6, 6.07) is 0.361. The topological polar surface area (TPSA) is 49.6 Å². The minimum atomic E-state index is -0.238. The van der Waals surface area contributed by atoms with E-state index in [1.807, 2.05) is 4.90 Å². The highest BCUT2D eigenvalue weighted by atomic mass is 16.2. The first kappa shape index (κ1) is 13.5. The Morgan fingerprint density at radius 3 is 2.69 bits per heavy atom. The third-order valence-corrected chi connectivity index (χ3v) is 3.41. The van der Waals surface area contributed by atoms with Crippen LogP contribution in [0.2, 0.25) is 0 Å². The van der Waals surface area contributed by atoms with Gasteiger partial charge in [0.25, 0.3) is 0 Å². The Balaban J connectivity index is 2.10. The molecule has 1 amide bonds. The summed E-state index contributed by atoms with van der Waals surface area (Å²) in [6.07, 6.45) is 3.05. The van der Waals surface area contributed by atoms with Crippen molar-refractivity contribution >= 4 is 5.91 Å². The molecule has 0 spiro atoms. The molecular formula is C12H25N3O. The molecule has 0 aromatic heterocycles. The van der Waals surface area contributed by atoms with Crippen LogP contribution in [0.3, 0.4) is 0 Å². The molecule has 1 heterocycles. The van der Waals surface area contributed by atoms with Crippen LogP contribution in [-0.2, 0) is 4.79 Å². The van der Waals surface area contributed by atoms with Gasteiger partial charge in [-0.3, -0.25) is 4.79 Å². The van der Waals surface area contributed by atoms with Gasteiger partial charge in [0, 0.05) is 19.1 Å². The van der Waals surface area contributed by atoms with E-state index in [4.69, 9.17) is 5.73 Å². The molecule has 0 bridgehead atoms. The Labute approximate surface area is 98.8 Å². The number of nitrogens with zero attached hydrogens (tertiary/aromatic N) is 2. The fourth-order valence-corrected chi connectivity index (χ4v) is 1.91. The number of hydrogen-bond donors (Lipinski definition) is 1. The van der Waals surface area contributed by atoms with Crippen LogP contribution in [0, 0.1) is 0 Å². The smallest absolute Gasteiger partial charge is 0.239 e. The fourth-order valence-electron chi connectivity index (χ4n) is 1.91. The van der Waals surface area contributed by atoms with E-state index in [0.717, 1.165) is 38.9 Å². The number of hydrogen-bond acceptors (Lipinski definition) is 3. The highest BCUT2D eigenvalue weighted by molar-refractivity contribution is 5.83. The summed E-state index contributed by atoms with van der Waals surface area (Å²) < 4.78 is 0. The van der Waals surface area contributed by atoms with Crippen molar-refractivity contribution in [2.45, 2.75) is 45.2 Å². The van der Waals surface area contributed by atoms with Crippen LogP contribution in [0.4, 0.5) is 0 Å². The molecule has 1 atom stereocenters. The molecule has 94 valence electrons. The van der Waals surface area contributed by atoms with Gasteiger partial charge < -0.3 is 15.5 Å². The molecule has 2 N–H and O–H groups in total. The number of amides is 1. The molecule has 0 aromatic carbocycles. The summed E-state index contributed by atoms with van der Waals surface area (Å²) in [5, 5.41) is 0. The Hall–Kier alpha value is -0.610. The molecule has 0 aliphatic carbocycles. The predicted molar refractivity (Wildman–Crippen MR) is 66.2 cm³/mol. The molecule has 1 aliphatic heterocycles. The number of carbonyl (C=O) groups is 1. The van der Waals surface area contributed by atoms with Gasteiger partial charge in [-0.15, -0.1) is 0 Å². The SMILES string of the molecule is CC(C)N(C)CCCCN1CCC(N)C1=O. The molecule has 0 aromatic rings. The maximum Gasteiger partial charge on any atom is 0.239 e. The summed E-state index contributed by atoms with van der Waals surface area (Å²) in [5.74, 6) is 0.136. The summed E-state index contributed by atoms with van der Waals surface area (Å²) in [7, 11) is 2.14. The number of unbranched alkanes of at least 4 members (excludes halogenated alkanes) is 1. The Bertz CT molecular complexity index is 230. The third kappa shape index (κ3) is 3.76. The molecule has 1 saturated heterocycles. The molecule has 16 heavy (non-hydrogen) atoms. The van der Waals surface area contributed by atoms with Crippen LogP contribution in [0.25, 0.3) is 0 Å². The number of rotatable bonds is 6. The van der Waals surface area contributed by atoms with Gasteiger partial charge in [0.2, 0.25) is 5.91 Å². The van der Waals surface area contributed by atoms with Crippen LogP contribution >= 0.6 is 0 Å².